The summed E-state index contributed by atoms with van der Waals surface area (Å²) in [5.41, 5.74) is 0.118. The Morgan fingerprint density at radius 1 is 1.38 bits per heavy atom. The summed E-state index contributed by atoms with van der Waals surface area (Å²) in [5, 5.41) is 0. The van der Waals surface area contributed by atoms with Gasteiger partial charge < -0.3 is 0 Å². The van der Waals surface area contributed by atoms with Crippen LogP contribution in [0.4, 0.5) is 8.78 Å². The van der Waals surface area contributed by atoms with Crippen LogP contribution in [0.5, 0.6) is 0 Å². The second kappa shape index (κ2) is 3.64. The molecule has 0 aromatic heterocycles. The van der Waals surface area contributed by atoms with Crippen LogP contribution in [-0.4, -0.2) is 5.78 Å². The summed E-state index contributed by atoms with van der Waals surface area (Å²) in [4.78, 5) is 10.9. The lowest BCUT2D eigenvalue weighted by Crippen LogP contribution is -2.07. The third kappa shape index (κ3) is 1.91. The van der Waals surface area contributed by atoms with E-state index in [1.54, 1.807) is 6.92 Å². The van der Waals surface area contributed by atoms with E-state index in [4.69, 9.17) is 0 Å². The Bertz CT molecular complexity index is 334. The SMILES string of the molecule is CC(=O)C(C)c1cccc(F)c1F. The Balaban J connectivity index is 3.15. The summed E-state index contributed by atoms with van der Waals surface area (Å²) < 4.78 is 25.8. The van der Waals surface area contributed by atoms with Crippen molar-refractivity contribution in [1.29, 1.82) is 0 Å². The molecule has 0 saturated carbocycles. The third-order valence-corrected chi connectivity index (χ3v) is 2.06. The molecule has 1 nitrogen and oxygen atoms in total. The summed E-state index contributed by atoms with van der Waals surface area (Å²) in [6, 6.07) is 3.85. The van der Waals surface area contributed by atoms with Gasteiger partial charge in [0.1, 0.15) is 5.78 Å². The fourth-order valence-corrected chi connectivity index (χ4v) is 1.07. The van der Waals surface area contributed by atoms with Gasteiger partial charge >= 0.3 is 0 Å². The van der Waals surface area contributed by atoms with Gasteiger partial charge in [-0.2, -0.15) is 0 Å². The van der Waals surface area contributed by atoms with Crippen molar-refractivity contribution >= 4 is 5.78 Å². The second-order valence-electron chi connectivity index (χ2n) is 2.98. The molecule has 1 aromatic rings. The molecule has 70 valence electrons. The summed E-state index contributed by atoms with van der Waals surface area (Å²) in [6.45, 7) is 2.91. The molecule has 0 aliphatic rings. The molecule has 1 aromatic carbocycles. The van der Waals surface area contributed by atoms with Crippen LogP contribution in [-0.2, 0) is 4.79 Å². The van der Waals surface area contributed by atoms with Gasteiger partial charge in [0.05, 0.1) is 0 Å². The molecule has 0 aliphatic heterocycles. The van der Waals surface area contributed by atoms with Crippen molar-refractivity contribution in [3.8, 4) is 0 Å². The minimum absolute atomic E-state index is 0.118. The number of benzene rings is 1. The molecule has 0 spiro atoms. The molecule has 1 unspecified atom stereocenters. The molecule has 0 N–H and O–H groups in total. The largest absolute Gasteiger partial charge is 0.299 e. The van der Waals surface area contributed by atoms with Gasteiger partial charge in [-0.15, -0.1) is 0 Å². The number of halogens is 2. The maximum absolute atomic E-state index is 13.1. The average Bonchev–Trinajstić information content (AvgIpc) is 2.08. The molecule has 3 heteroatoms. The maximum atomic E-state index is 13.1. The van der Waals surface area contributed by atoms with Crippen molar-refractivity contribution in [3.63, 3.8) is 0 Å². The quantitative estimate of drug-likeness (QED) is 0.690. The molecule has 0 radical (unpaired) electrons. The zero-order chi connectivity index (χ0) is 10.0. The van der Waals surface area contributed by atoms with Crippen LogP contribution < -0.4 is 0 Å². The first-order valence-corrected chi connectivity index (χ1v) is 3.98. The van der Waals surface area contributed by atoms with E-state index in [1.165, 1.54) is 19.1 Å². The third-order valence-electron chi connectivity index (χ3n) is 2.06. The standard InChI is InChI=1S/C10H10F2O/c1-6(7(2)13)8-4-3-5-9(11)10(8)12/h3-6H,1-2H3. The van der Waals surface area contributed by atoms with Crippen molar-refractivity contribution in [1.82, 2.24) is 0 Å². The van der Waals surface area contributed by atoms with Crippen molar-refractivity contribution in [2.24, 2.45) is 0 Å². The van der Waals surface area contributed by atoms with Gasteiger partial charge in [0.15, 0.2) is 11.6 Å². The van der Waals surface area contributed by atoms with E-state index in [9.17, 15) is 13.6 Å². The van der Waals surface area contributed by atoms with Gasteiger partial charge in [0.2, 0.25) is 0 Å². The second-order valence-corrected chi connectivity index (χ2v) is 2.98. The zero-order valence-electron chi connectivity index (χ0n) is 7.47. The van der Waals surface area contributed by atoms with E-state index in [0.29, 0.717) is 0 Å². The fraction of sp³-hybridized carbons (Fsp3) is 0.300. The minimum atomic E-state index is -0.926. The van der Waals surface area contributed by atoms with Crippen molar-refractivity contribution in [2.75, 3.05) is 0 Å². The van der Waals surface area contributed by atoms with Gasteiger partial charge in [-0.25, -0.2) is 8.78 Å². The van der Waals surface area contributed by atoms with Gasteiger partial charge in [-0.1, -0.05) is 19.1 Å². The van der Waals surface area contributed by atoms with Crippen molar-refractivity contribution in [2.45, 2.75) is 19.8 Å². The fourth-order valence-electron chi connectivity index (χ4n) is 1.07. The highest BCUT2D eigenvalue weighted by atomic mass is 19.2. The predicted octanol–water partition coefficient (Wildman–Crippen LogP) is 2.66. The summed E-state index contributed by atoms with van der Waals surface area (Å²) in [6.07, 6.45) is 0. The Hall–Kier alpha value is -1.25. The van der Waals surface area contributed by atoms with Gasteiger partial charge in [-0.05, 0) is 13.0 Å². The van der Waals surface area contributed by atoms with E-state index in [0.717, 1.165) is 6.07 Å². The molecular formula is C10H10F2O. The highest BCUT2D eigenvalue weighted by molar-refractivity contribution is 5.82. The lowest BCUT2D eigenvalue weighted by Gasteiger charge is -2.08. The van der Waals surface area contributed by atoms with Crippen LogP contribution in [0.3, 0.4) is 0 Å². The van der Waals surface area contributed by atoms with Crippen LogP contribution in [0.15, 0.2) is 18.2 Å². The smallest absolute Gasteiger partial charge is 0.162 e. The molecule has 1 rings (SSSR count). The van der Waals surface area contributed by atoms with E-state index in [2.05, 4.69) is 0 Å². The Labute approximate surface area is 75.4 Å². The van der Waals surface area contributed by atoms with Crippen LogP contribution in [0.1, 0.15) is 25.3 Å². The first-order chi connectivity index (χ1) is 6.04. The van der Waals surface area contributed by atoms with Gasteiger partial charge in [0.25, 0.3) is 0 Å². The lowest BCUT2D eigenvalue weighted by atomic mass is 9.97. The highest BCUT2D eigenvalue weighted by Crippen LogP contribution is 2.21. The van der Waals surface area contributed by atoms with E-state index < -0.39 is 17.6 Å². The van der Waals surface area contributed by atoms with Gasteiger partial charge in [-0.3, -0.25) is 4.79 Å². The number of ketones is 1. The molecule has 13 heavy (non-hydrogen) atoms. The Morgan fingerprint density at radius 3 is 2.54 bits per heavy atom. The van der Waals surface area contributed by atoms with Crippen molar-refractivity contribution in [3.05, 3.63) is 35.4 Å². The average molecular weight is 184 g/mol. The maximum Gasteiger partial charge on any atom is 0.162 e. The van der Waals surface area contributed by atoms with Crippen LogP contribution in [0.2, 0.25) is 0 Å². The van der Waals surface area contributed by atoms with E-state index >= 15 is 0 Å². The number of hydrogen-bond donors (Lipinski definition) is 0. The number of carbonyl (C=O) groups excluding carboxylic acids is 1. The lowest BCUT2D eigenvalue weighted by molar-refractivity contribution is -0.118. The molecule has 0 aliphatic carbocycles. The molecule has 1 atom stereocenters. The van der Waals surface area contributed by atoms with E-state index in [-0.39, 0.29) is 11.3 Å². The topological polar surface area (TPSA) is 17.1 Å². The zero-order valence-corrected chi connectivity index (χ0v) is 7.47. The van der Waals surface area contributed by atoms with Crippen molar-refractivity contribution < 1.29 is 13.6 Å². The normalized spacial score (nSPS) is 12.6. The summed E-state index contributed by atoms with van der Waals surface area (Å²) >= 11 is 0. The van der Waals surface area contributed by atoms with E-state index in [1.807, 2.05) is 0 Å². The van der Waals surface area contributed by atoms with Crippen LogP contribution in [0.25, 0.3) is 0 Å². The van der Waals surface area contributed by atoms with Gasteiger partial charge in [0, 0.05) is 11.5 Å². The molecule has 0 fully saturated rings. The first-order valence-electron chi connectivity index (χ1n) is 3.98. The molecule has 0 heterocycles. The number of Topliss-reactive ketones (excluding diaryl/α,β-unsaturated/α-hetero) is 1. The Kier molecular flexibility index (Phi) is 2.76. The molecular weight excluding hydrogens is 174 g/mol. The summed E-state index contributed by atoms with van der Waals surface area (Å²) in [7, 11) is 0. The summed E-state index contributed by atoms with van der Waals surface area (Å²) in [5.74, 6) is -2.60. The Morgan fingerprint density at radius 2 is 2.00 bits per heavy atom. The molecule has 0 saturated heterocycles. The van der Waals surface area contributed by atoms with Crippen LogP contribution >= 0.6 is 0 Å². The number of carbonyl (C=O) groups is 1. The first kappa shape index (κ1) is 9.84. The number of rotatable bonds is 2. The minimum Gasteiger partial charge on any atom is -0.299 e. The van der Waals surface area contributed by atoms with Crippen LogP contribution in [0, 0.1) is 11.6 Å². The monoisotopic (exact) mass is 184 g/mol. The molecule has 0 amide bonds. The molecule has 0 bridgehead atoms. The predicted molar refractivity (Wildman–Crippen MR) is 45.5 cm³/mol. The highest BCUT2D eigenvalue weighted by Gasteiger charge is 2.16. The number of hydrogen-bond acceptors (Lipinski definition) is 1.